The molecule has 2 rings (SSSR count). The van der Waals surface area contributed by atoms with Crippen molar-refractivity contribution >= 4 is 23.4 Å². The summed E-state index contributed by atoms with van der Waals surface area (Å²) in [6.45, 7) is 0. The monoisotopic (exact) mass is 231 g/mol. The average Bonchev–Trinajstić information content (AvgIpc) is 2.31. The second kappa shape index (κ2) is 4.81. The van der Waals surface area contributed by atoms with Crippen LogP contribution in [-0.4, -0.2) is 10.1 Å². The number of nitrogens with zero attached hydrogens (tertiary/aromatic N) is 1. The standard InChI is InChI=1S/C13H10ClNO/c14-11-6-4-10(5-7-11)13(16)9-12-3-1-2-8-15-12/h1-9,16H/b13-9-. The van der Waals surface area contributed by atoms with Crippen LogP contribution in [0.5, 0.6) is 0 Å². The molecule has 0 bridgehead atoms. The lowest BCUT2D eigenvalue weighted by atomic mass is 10.1. The van der Waals surface area contributed by atoms with Gasteiger partial charge in [0.15, 0.2) is 0 Å². The van der Waals surface area contributed by atoms with Gasteiger partial charge in [-0.1, -0.05) is 17.7 Å². The van der Waals surface area contributed by atoms with E-state index >= 15 is 0 Å². The number of benzene rings is 1. The highest BCUT2D eigenvalue weighted by molar-refractivity contribution is 6.30. The van der Waals surface area contributed by atoms with Crippen molar-refractivity contribution in [1.82, 2.24) is 4.98 Å². The van der Waals surface area contributed by atoms with E-state index in [2.05, 4.69) is 4.98 Å². The lowest BCUT2D eigenvalue weighted by molar-refractivity contribution is 0.515. The summed E-state index contributed by atoms with van der Waals surface area (Å²) in [6, 6.07) is 12.5. The number of hydrogen-bond acceptors (Lipinski definition) is 2. The molecule has 80 valence electrons. The second-order valence-electron chi connectivity index (χ2n) is 3.29. The molecule has 1 N–H and O–H groups in total. The van der Waals surface area contributed by atoms with Gasteiger partial charge in [-0.3, -0.25) is 4.98 Å². The summed E-state index contributed by atoms with van der Waals surface area (Å²) in [7, 11) is 0. The molecule has 0 aliphatic heterocycles. The van der Waals surface area contributed by atoms with Crippen LogP contribution in [0.15, 0.2) is 48.7 Å². The second-order valence-corrected chi connectivity index (χ2v) is 3.73. The SMILES string of the molecule is O/C(=C\c1ccccn1)c1ccc(Cl)cc1. The Balaban J connectivity index is 2.28. The molecule has 1 aromatic carbocycles. The summed E-state index contributed by atoms with van der Waals surface area (Å²) >= 11 is 5.76. The molecule has 0 atom stereocenters. The molecule has 1 heterocycles. The minimum atomic E-state index is 0.176. The van der Waals surface area contributed by atoms with Gasteiger partial charge in [0.1, 0.15) is 5.76 Å². The maximum absolute atomic E-state index is 9.84. The fraction of sp³-hybridized carbons (Fsp3) is 0. The Kier molecular flexibility index (Phi) is 3.22. The van der Waals surface area contributed by atoms with Gasteiger partial charge in [0, 0.05) is 22.9 Å². The molecule has 0 aliphatic rings. The van der Waals surface area contributed by atoms with Crippen molar-refractivity contribution in [2.24, 2.45) is 0 Å². The number of pyridine rings is 1. The number of aliphatic hydroxyl groups is 1. The van der Waals surface area contributed by atoms with E-state index in [4.69, 9.17) is 11.6 Å². The van der Waals surface area contributed by atoms with Gasteiger partial charge in [0.05, 0.1) is 5.69 Å². The molecule has 0 fully saturated rings. The molecule has 0 amide bonds. The smallest absolute Gasteiger partial charge is 0.124 e. The number of aromatic nitrogens is 1. The van der Waals surface area contributed by atoms with Gasteiger partial charge in [-0.25, -0.2) is 0 Å². The largest absolute Gasteiger partial charge is 0.507 e. The highest BCUT2D eigenvalue weighted by atomic mass is 35.5. The third-order valence-electron chi connectivity index (χ3n) is 2.11. The first-order valence-electron chi connectivity index (χ1n) is 4.83. The van der Waals surface area contributed by atoms with Crippen LogP contribution in [0.1, 0.15) is 11.3 Å². The van der Waals surface area contributed by atoms with Gasteiger partial charge in [0.25, 0.3) is 0 Å². The molecule has 0 spiro atoms. The van der Waals surface area contributed by atoms with E-state index in [0.717, 1.165) is 11.3 Å². The highest BCUT2D eigenvalue weighted by Gasteiger charge is 1.99. The van der Waals surface area contributed by atoms with E-state index < -0.39 is 0 Å². The van der Waals surface area contributed by atoms with Crippen molar-refractivity contribution in [2.75, 3.05) is 0 Å². The van der Waals surface area contributed by atoms with Crippen molar-refractivity contribution in [3.05, 3.63) is 64.9 Å². The Bertz CT molecular complexity index is 491. The van der Waals surface area contributed by atoms with Crippen LogP contribution < -0.4 is 0 Å². The molecule has 3 heteroatoms. The van der Waals surface area contributed by atoms with Crippen LogP contribution >= 0.6 is 11.6 Å². The lowest BCUT2D eigenvalue weighted by Crippen LogP contribution is -1.84. The van der Waals surface area contributed by atoms with Crippen molar-refractivity contribution < 1.29 is 5.11 Å². The molecule has 2 nitrogen and oxygen atoms in total. The van der Waals surface area contributed by atoms with Crippen LogP contribution in [0, 0.1) is 0 Å². The Morgan fingerprint density at radius 2 is 1.88 bits per heavy atom. The number of aliphatic hydroxyl groups excluding tert-OH is 1. The molecule has 1 aromatic heterocycles. The van der Waals surface area contributed by atoms with Gasteiger partial charge in [0.2, 0.25) is 0 Å². The van der Waals surface area contributed by atoms with E-state index in [9.17, 15) is 5.11 Å². The van der Waals surface area contributed by atoms with Crippen LogP contribution in [0.2, 0.25) is 5.02 Å². The Morgan fingerprint density at radius 1 is 1.12 bits per heavy atom. The molecule has 0 aliphatic carbocycles. The maximum atomic E-state index is 9.84. The first-order valence-corrected chi connectivity index (χ1v) is 5.21. The maximum Gasteiger partial charge on any atom is 0.124 e. The predicted molar refractivity (Wildman–Crippen MR) is 66.2 cm³/mol. The van der Waals surface area contributed by atoms with Gasteiger partial charge in [-0.2, -0.15) is 0 Å². The topological polar surface area (TPSA) is 33.1 Å². The van der Waals surface area contributed by atoms with Gasteiger partial charge in [-0.15, -0.1) is 0 Å². The van der Waals surface area contributed by atoms with Crippen LogP contribution in [0.3, 0.4) is 0 Å². The van der Waals surface area contributed by atoms with E-state index in [0.29, 0.717) is 5.02 Å². The predicted octanol–water partition coefficient (Wildman–Crippen LogP) is 3.79. The summed E-state index contributed by atoms with van der Waals surface area (Å²) in [5.41, 5.74) is 1.44. The van der Waals surface area contributed by atoms with Crippen molar-refractivity contribution in [2.45, 2.75) is 0 Å². The molecule has 2 aromatic rings. The molecule has 0 saturated heterocycles. The minimum absolute atomic E-state index is 0.176. The summed E-state index contributed by atoms with van der Waals surface area (Å²) < 4.78 is 0. The third-order valence-corrected chi connectivity index (χ3v) is 2.36. The summed E-state index contributed by atoms with van der Waals surface area (Å²) in [6.07, 6.45) is 3.30. The molecular weight excluding hydrogens is 222 g/mol. The van der Waals surface area contributed by atoms with Gasteiger partial charge >= 0.3 is 0 Å². The normalized spacial score (nSPS) is 11.4. The number of rotatable bonds is 2. The summed E-state index contributed by atoms with van der Waals surface area (Å²) in [5.74, 6) is 0.176. The van der Waals surface area contributed by atoms with Crippen LogP contribution in [-0.2, 0) is 0 Å². The fourth-order valence-corrected chi connectivity index (χ4v) is 1.43. The molecule has 0 unspecified atom stereocenters. The molecule has 0 saturated carbocycles. The highest BCUT2D eigenvalue weighted by Crippen LogP contribution is 2.17. The van der Waals surface area contributed by atoms with Crippen LogP contribution in [0.25, 0.3) is 11.8 Å². The zero-order valence-corrected chi connectivity index (χ0v) is 9.22. The Morgan fingerprint density at radius 3 is 2.50 bits per heavy atom. The summed E-state index contributed by atoms with van der Waals surface area (Å²) in [5, 5.41) is 10.5. The Hall–Kier alpha value is -1.80. The van der Waals surface area contributed by atoms with E-state index in [1.807, 2.05) is 18.2 Å². The van der Waals surface area contributed by atoms with Crippen molar-refractivity contribution in [3.8, 4) is 0 Å². The van der Waals surface area contributed by atoms with Gasteiger partial charge in [-0.05, 0) is 36.4 Å². The Labute approximate surface area is 98.8 Å². The van der Waals surface area contributed by atoms with Crippen LogP contribution in [0.4, 0.5) is 0 Å². The fourth-order valence-electron chi connectivity index (χ4n) is 1.31. The van der Waals surface area contributed by atoms with E-state index in [-0.39, 0.29) is 5.76 Å². The average molecular weight is 232 g/mol. The van der Waals surface area contributed by atoms with Gasteiger partial charge < -0.3 is 5.11 Å². The first-order chi connectivity index (χ1) is 7.75. The summed E-state index contributed by atoms with van der Waals surface area (Å²) in [4.78, 5) is 4.10. The molecular formula is C13H10ClNO. The number of halogens is 1. The number of hydrogen-bond donors (Lipinski definition) is 1. The third kappa shape index (κ3) is 2.61. The first kappa shape index (κ1) is 10.7. The van der Waals surface area contributed by atoms with E-state index in [1.165, 1.54) is 0 Å². The lowest BCUT2D eigenvalue weighted by Gasteiger charge is -2.00. The minimum Gasteiger partial charge on any atom is -0.507 e. The zero-order valence-electron chi connectivity index (χ0n) is 8.47. The van der Waals surface area contributed by atoms with Crippen molar-refractivity contribution in [3.63, 3.8) is 0 Å². The molecule has 0 radical (unpaired) electrons. The van der Waals surface area contributed by atoms with Crippen molar-refractivity contribution in [1.29, 1.82) is 0 Å². The zero-order chi connectivity index (χ0) is 11.4. The quantitative estimate of drug-likeness (QED) is 0.798. The van der Waals surface area contributed by atoms with E-state index in [1.54, 1.807) is 36.5 Å². The molecule has 16 heavy (non-hydrogen) atoms.